The molecule has 3 aromatic rings. The van der Waals surface area contributed by atoms with Gasteiger partial charge in [-0.25, -0.2) is 4.98 Å². The van der Waals surface area contributed by atoms with Crippen LogP contribution < -0.4 is 0 Å². The number of aliphatic hydroxyl groups is 1. The largest absolute Gasteiger partial charge is 0.443 e. The molecule has 0 aliphatic heterocycles. The second kappa shape index (κ2) is 4.03. The maximum Gasteiger partial charge on any atom is 0.181 e. The molecule has 0 saturated carbocycles. The third-order valence-corrected chi connectivity index (χ3v) is 2.80. The predicted molar refractivity (Wildman–Crippen MR) is 65.4 cm³/mol. The number of hydrogen-bond acceptors (Lipinski definition) is 3. The number of rotatable bonds is 2. The maximum atomic E-state index is 9.16. The van der Waals surface area contributed by atoms with Crippen LogP contribution in [0.25, 0.3) is 22.1 Å². The Morgan fingerprint density at radius 2 is 1.88 bits per heavy atom. The zero-order valence-corrected chi connectivity index (χ0v) is 9.13. The molecule has 17 heavy (non-hydrogen) atoms. The number of benzene rings is 2. The van der Waals surface area contributed by atoms with Crippen LogP contribution in [0.3, 0.4) is 0 Å². The molecule has 3 nitrogen and oxygen atoms in total. The smallest absolute Gasteiger partial charge is 0.181 e. The predicted octanol–water partition coefficient (Wildman–Crippen LogP) is 2.99. The molecule has 0 saturated heterocycles. The number of fused-ring (bicyclic) bond motifs is 1. The van der Waals surface area contributed by atoms with Crippen LogP contribution in [-0.2, 0) is 6.61 Å². The zero-order valence-electron chi connectivity index (χ0n) is 9.13. The van der Waals surface area contributed by atoms with Gasteiger partial charge in [0, 0.05) is 5.56 Å². The van der Waals surface area contributed by atoms with E-state index >= 15 is 0 Å². The quantitative estimate of drug-likeness (QED) is 0.729. The van der Waals surface area contributed by atoms with Gasteiger partial charge in [-0.2, -0.15) is 0 Å². The molecule has 3 heteroatoms. The van der Waals surface area contributed by atoms with Gasteiger partial charge in [0.05, 0.1) is 6.61 Å². The Kier molecular flexibility index (Phi) is 2.38. The Labute approximate surface area is 98.3 Å². The van der Waals surface area contributed by atoms with Gasteiger partial charge in [0.1, 0.15) is 5.69 Å². The summed E-state index contributed by atoms with van der Waals surface area (Å²) in [4.78, 5) is 3.97. The Morgan fingerprint density at radius 3 is 2.71 bits per heavy atom. The summed E-state index contributed by atoms with van der Waals surface area (Å²) in [7, 11) is 0. The summed E-state index contributed by atoms with van der Waals surface area (Å²) >= 11 is 0. The molecule has 0 spiro atoms. The molecular weight excluding hydrogens is 214 g/mol. The van der Waals surface area contributed by atoms with Crippen molar-refractivity contribution >= 4 is 10.8 Å². The van der Waals surface area contributed by atoms with E-state index in [2.05, 4.69) is 11.1 Å². The lowest BCUT2D eigenvalue weighted by atomic mass is 10.0. The first-order valence-electron chi connectivity index (χ1n) is 5.41. The minimum atomic E-state index is -0.112. The number of aromatic nitrogens is 1. The van der Waals surface area contributed by atoms with Gasteiger partial charge in [-0.15, -0.1) is 0 Å². The first kappa shape index (κ1) is 10.1. The normalized spacial score (nSPS) is 10.9. The highest BCUT2D eigenvalue weighted by molar-refractivity contribution is 5.86. The average molecular weight is 225 g/mol. The van der Waals surface area contributed by atoms with Crippen molar-refractivity contribution < 1.29 is 9.52 Å². The number of hydrogen-bond donors (Lipinski definition) is 1. The molecule has 0 amide bonds. The molecule has 0 bridgehead atoms. The van der Waals surface area contributed by atoms with Crippen LogP contribution in [0.1, 0.15) is 5.69 Å². The lowest BCUT2D eigenvalue weighted by Gasteiger charge is -2.02. The molecule has 84 valence electrons. The minimum Gasteiger partial charge on any atom is -0.443 e. The van der Waals surface area contributed by atoms with Crippen molar-refractivity contribution in [3.8, 4) is 11.3 Å². The van der Waals surface area contributed by atoms with Gasteiger partial charge in [0.2, 0.25) is 0 Å². The van der Waals surface area contributed by atoms with Gasteiger partial charge >= 0.3 is 0 Å². The molecule has 0 unspecified atom stereocenters. The van der Waals surface area contributed by atoms with E-state index in [4.69, 9.17) is 9.52 Å². The van der Waals surface area contributed by atoms with E-state index in [1.165, 1.54) is 11.8 Å². The minimum absolute atomic E-state index is 0.112. The topological polar surface area (TPSA) is 46.3 Å². The molecule has 0 fully saturated rings. The van der Waals surface area contributed by atoms with Gasteiger partial charge in [-0.1, -0.05) is 36.4 Å². The summed E-state index contributed by atoms with van der Waals surface area (Å²) < 4.78 is 5.32. The van der Waals surface area contributed by atoms with E-state index in [0.29, 0.717) is 11.5 Å². The number of aliphatic hydroxyl groups excluding tert-OH is 1. The molecule has 1 heterocycles. The Bertz CT molecular complexity index is 658. The molecule has 1 N–H and O–H groups in total. The van der Waals surface area contributed by atoms with Crippen molar-refractivity contribution in [1.29, 1.82) is 0 Å². The second-order valence-electron chi connectivity index (χ2n) is 3.85. The van der Waals surface area contributed by atoms with Crippen LogP contribution in [0.5, 0.6) is 0 Å². The summed E-state index contributed by atoms with van der Waals surface area (Å²) in [6, 6.07) is 14.2. The van der Waals surface area contributed by atoms with Crippen molar-refractivity contribution in [3.63, 3.8) is 0 Å². The number of nitrogens with zero attached hydrogens (tertiary/aromatic N) is 1. The van der Waals surface area contributed by atoms with E-state index in [1.807, 2.05) is 36.4 Å². The van der Waals surface area contributed by atoms with Gasteiger partial charge in [-0.05, 0) is 16.8 Å². The highest BCUT2D eigenvalue weighted by Crippen LogP contribution is 2.26. The van der Waals surface area contributed by atoms with Gasteiger partial charge in [0.25, 0.3) is 0 Å². The first-order valence-corrected chi connectivity index (χ1v) is 5.41. The molecule has 2 aromatic carbocycles. The molecule has 0 aliphatic carbocycles. The highest BCUT2D eigenvalue weighted by Gasteiger charge is 2.09. The van der Waals surface area contributed by atoms with E-state index in [0.717, 1.165) is 10.9 Å². The third kappa shape index (κ3) is 1.70. The molecule has 3 rings (SSSR count). The summed E-state index contributed by atoms with van der Waals surface area (Å²) in [5.41, 5.74) is 1.51. The fraction of sp³-hybridized carbons (Fsp3) is 0.0714. The second-order valence-corrected chi connectivity index (χ2v) is 3.85. The molecule has 1 aromatic heterocycles. The lowest BCUT2D eigenvalue weighted by molar-refractivity contribution is 0.277. The van der Waals surface area contributed by atoms with Crippen LogP contribution in [0, 0.1) is 0 Å². The summed E-state index contributed by atoms with van der Waals surface area (Å²) in [6.45, 7) is -0.112. The molecule has 0 aliphatic rings. The van der Waals surface area contributed by atoms with Crippen molar-refractivity contribution in [3.05, 3.63) is 54.6 Å². The summed E-state index contributed by atoms with van der Waals surface area (Å²) in [5.74, 6) is 0.637. The summed E-state index contributed by atoms with van der Waals surface area (Å²) in [6.07, 6.45) is 1.36. The highest BCUT2D eigenvalue weighted by atomic mass is 16.3. The van der Waals surface area contributed by atoms with Crippen LogP contribution in [-0.4, -0.2) is 10.1 Å². The van der Waals surface area contributed by atoms with E-state index in [-0.39, 0.29) is 6.61 Å². The van der Waals surface area contributed by atoms with Crippen LogP contribution in [0.15, 0.2) is 53.3 Å². The third-order valence-electron chi connectivity index (χ3n) is 2.80. The Balaban J connectivity index is 2.18. The van der Waals surface area contributed by atoms with Crippen LogP contribution >= 0.6 is 0 Å². The zero-order chi connectivity index (χ0) is 11.7. The lowest BCUT2D eigenvalue weighted by Crippen LogP contribution is -1.86. The van der Waals surface area contributed by atoms with Crippen molar-refractivity contribution in [2.45, 2.75) is 6.61 Å². The fourth-order valence-corrected chi connectivity index (χ4v) is 1.95. The van der Waals surface area contributed by atoms with Gasteiger partial charge in [0.15, 0.2) is 12.2 Å². The maximum absolute atomic E-state index is 9.16. The average Bonchev–Trinajstić information content (AvgIpc) is 2.86. The van der Waals surface area contributed by atoms with Crippen LogP contribution in [0.2, 0.25) is 0 Å². The monoisotopic (exact) mass is 225 g/mol. The molecule has 0 radical (unpaired) electrons. The SMILES string of the molecule is OCc1ncoc1-c1ccc2ccccc2c1. The van der Waals surface area contributed by atoms with E-state index in [9.17, 15) is 0 Å². The van der Waals surface area contributed by atoms with Gasteiger partial charge in [-0.3, -0.25) is 0 Å². The fourth-order valence-electron chi connectivity index (χ4n) is 1.95. The van der Waals surface area contributed by atoms with Crippen molar-refractivity contribution in [2.75, 3.05) is 0 Å². The Morgan fingerprint density at radius 1 is 1.06 bits per heavy atom. The number of oxazole rings is 1. The summed E-state index contributed by atoms with van der Waals surface area (Å²) in [5, 5.41) is 11.5. The standard InChI is InChI=1S/C14H11NO2/c16-8-13-14(17-9-15-13)12-6-5-10-3-1-2-4-11(10)7-12/h1-7,9,16H,8H2. The van der Waals surface area contributed by atoms with Crippen molar-refractivity contribution in [1.82, 2.24) is 4.98 Å². The first-order chi connectivity index (χ1) is 8.38. The van der Waals surface area contributed by atoms with Gasteiger partial charge < -0.3 is 9.52 Å². The molecular formula is C14H11NO2. The van der Waals surface area contributed by atoms with Crippen LogP contribution in [0.4, 0.5) is 0 Å². The van der Waals surface area contributed by atoms with Crippen molar-refractivity contribution in [2.24, 2.45) is 0 Å². The van der Waals surface area contributed by atoms with E-state index < -0.39 is 0 Å². The Hall–Kier alpha value is -2.13. The van der Waals surface area contributed by atoms with E-state index in [1.54, 1.807) is 0 Å². The molecule has 0 atom stereocenters.